The maximum atomic E-state index is 4.97. The highest BCUT2D eigenvalue weighted by atomic mass is 32.1. The van der Waals surface area contributed by atoms with E-state index in [0.29, 0.717) is 17.5 Å². The Morgan fingerprint density at radius 2 is 0.800 bits per heavy atom. The summed E-state index contributed by atoms with van der Waals surface area (Å²) in [6.07, 6.45) is 0. The third kappa shape index (κ3) is 4.98. The molecule has 0 aliphatic heterocycles. The maximum absolute atomic E-state index is 4.97. The minimum absolute atomic E-state index is 0.667. The smallest absolute Gasteiger partial charge is 0.164 e. The van der Waals surface area contributed by atoms with Gasteiger partial charge in [-0.15, -0.1) is 22.7 Å². The van der Waals surface area contributed by atoms with Crippen LogP contribution in [0.1, 0.15) is 0 Å². The Bertz CT molecular complexity index is 2800. The van der Waals surface area contributed by atoms with Gasteiger partial charge in [0.2, 0.25) is 0 Å². The molecule has 0 radical (unpaired) electrons. The summed E-state index contributed by atoms with van der Waals surface area (Å²) in [6.45, 7) is 0. The molecular weight excluding hydrogens is 647 g/mol. The van der Waals surface area contributed by atoms with Gasteiger partial charge in [0.25, 0.3) is 0 Å². The molecule has 7 aromatic carbocycles. The van der Waals surface area contributed by atoms with Crippen molar-refractivity contribution in [3.05, 3.63) is 164 Å². The van der Waals surface area contributed by atoms with Crippen molar-refractivity contribution in [1.82, 2.24) is 15.0 Å². The molecule has 0 fully saturated rings. The molecule has 0 saturated heterocycles. The summed E-state index contributed by atoms with van der Waals surface area (Å²) >= 11 is 3.70. The lowest BCUT2D eigenvalue weighted by Crippen LogP contribution is -1.99. The summed E-state index contributed by atoms with van der Waals surface area (Å²) in [5.41, 5.74) is 7.88. The minimum atomic E-state index is 0.667. The highest BCUT2D eigenvalue weighted by molar-refractivity contribution is 7.26. The van der Waals surface area contributed by atoms with Crippen LogP contribution in [-0.4, -0.2) is 15.0 Å². The summed E-state index contributed by atoms with van der Waals surface area (Å²) in [5.74, 6) is 2.00. The maximum Gasteiger partial charge on any atom is 0.164 e. The molecule has 0 bridgehead atoms. The molecule has 0 saturated carbocycles. The molecule has 50 heavy (non-hydrogen) atoms. The number of aromatic nitrogens is 3. The fourth-order valence-corrected chi connectivity index (χ4v) is 9.26. The van der Waals surface area contributed by atoms with Crippen LogP contribution < -0.4 is 0 Å². The SMILES string of the molecule is c1ccc(-c2nc(-c3ccccc3)nc(-c3ccc4c(c3)sc3cc(-c5cc(-c6ccccc6)c6sc7ccccc7c6c5)ccc34)n2)cc1. The quantitative estimate of drug-likeness (QED) is 0.182. The standard InChI is InChI=1S/C45H27N3S2/c1-4-12-28(13-5-1)37-24-33(25-38-34-18-10-11-19-39(34)50-42(37)38)31-20-22-35-36-23-21-32(27-41(36)49-40(35)26-31)45-47-43(29-14-6-2-7-15-29)46-44(48-45)30-16-8-3-9-17-30/h1-27H. The van der Waals surface area contributed by atoms with Gasteiger partial charge >= 0.3 is 0 Å². The zero-order valence-electron chi connectivity index (χ0n) is 26.7. The van der Waals surface area contributed by atoms with E-state index in [4.69, 9.17) is 15.0 Å². The summed E-state index contributed by atoms with van der Waals surface area (Å²) in [5, 5.41) is 5.12. The van der Waals surface area contributed by atoms with Crippen molar-refractivity contribution in [1.29, 1.82) is 0 Å². The molecule has 5 heteroatoms. The molecule has 234 valence electrons. The van der Waals surface area contributed by atoms with Crippen molar-refractivity contribution in [2.75, 3.05) is 0 Å². The molecule has 10 rings (SSSR count). The Morgan fingerprint density at radius 3 is 1.44 bits per heavy atom. The number of fused-ring (bicyclic) bond motifs is 6. The molecule has 0 aliphatic rings. The molecule has 0 atom stereocenters. The predicted molar refractivity (Wildman–Crippen MR) is 213 cm³/mol. The number of nitrogens with zero attached hydrogens (tertiary/aromatic N) is 3. The molecular formula is C45H27N3S2. The lowest BCUT2D eigenvalue weighted by molar-refractivity contribution is 1.07. The normalized spacial score (nSPS) is 11.6. The highest BCUT2D eigenvalue weighted by Gasteiger charge is 2.16. The Labute approximate surface area is 296 Å². The number of benzene rings is 7. The van der Waals surface area contributed by atoms with E-state index in [1.54, 1.807) is 0 Å². The van der Waals surface area contributed by atoms with Crippen molar-refractivity contribution >= 4 is 63.0 Å². The number of hydrogen-bond donors (Lipinski definition) is 0. The van der Waals surface area contributed by atoms with Gasteiger partial charge in [-0.3, -0.25) is 0 Å². The van der Waals surface area contributed by atoms with E-state index in [9.17, 15) is 0 Å². The van der Waals surface area contributed by atoms with Gasteiger partial charge in [0, 0.05) is 62.6 Å². The van der Waals surface area contributed by atoms with Crippen molar-refractivity contribution in [2.45, 2.75) is 0 Å². The fraction of sp³-hybridized carbons (Fsp3) is 0. The van der Waals surface area contributed by atoms with Crippen molar-refractivity contribution in [2.24, 2.45) is 0 Å². The van der Waals surface area contributed by atoms with Gasteiger partial charge in [0.1, 0.15) is 0 Å². The summed E-state index contributed by atoms with van der Waals surface area (Å²) in [7, 11) is 0. The Kier molecular flexibility index (Phi) is 6.86. The summed E-state index contributed by atoms with van der Waals surface area (Å²) in [6, 6.07) is 58.0. The first-order chi connectivity index (χ1) is 24.7. The number of rotatable bonds is 5. The molecule has 3 aromatic heterocycles. The van der Waals surface area contributed by atoms with Crippen molar-refractivity contribution in [3.63, 3.8) is 0 Å². The zero-order valence-corrected chi connectivity index (χ0v) is 28.4. The molecule has 3 heterocycles. The average molecular weight is 674 g/mol. The second-order valence-corrected chi connectivity index (χ2v) is 14.6. The van der Waals surface area contributed by atoms with Gasteiger partial charge < -0.3 is 0 Å². The van der Waals surface area contributed by atoms with Crippen LogP contribution in [0.4, 0.5) is 0 Å². The van der Waals surface area contributed by atoms with Gasteiger partial charge in [-0.05, 0) is 47.0 Å². The largest absolute Gasteiger partial charge is 0.208 e. The van der Waals surface area contributed by atoms with Gasteiger partial charge in [-0.25, -0.2) is 15.0 Å². The van der Waals surface area contributed by atoms with Crippen LogP contribution in [0.25, 0.3) is 96.8 Å². The lowest BCUT2D eigenvalue weighted by Gasteiger charge is -2.09. The van der Waals surface area contributed by atoms with Gasteiger partial charge in [-0.1, -0.05) is 133 Å². The van der Waals surface area contributed by atoms with Crippen LogP contribution in [-0.2, 0) is 0 Å². The molecule has 0 unspecified atom stereocenters. The number of thiophene rings is 2. The van der Waals surface area contributed by atoms with E-state index in [-0.39, 0.29) is 0 Å². The fourth-order valence-electron chi connectivity index (χ4n) is 6.86. The van der Waals surface area contributed by atoms with Crippen molar-refractivity contribution in [3.8, 4) is 56.4 Å². The second kappa shape index (κ2) is 11.8. The van der Waals surface area contributed by atoms with E-state index >= 15 is 0 Å². The molecule has 10 aromatic rings. The highest BCUT2D eigenvalue weighted by Crippen LogP contribution is 2.44. The van der Waals surface area contributed by atoms with E-state index in [0.717, 1.165) is 16.7 Å². The van der Waals surface area contributed by atoms with Crippen molar-refractivity contribution < 1.29 is 0 Å². The van der Waals surface area contributed by atoms with E-state index < -0.39 is 0 Å². The van der Waals surface area contributed by atoms with Gasteiger partial charge in [0.05, 0.1) is 0 Å². The molecule has 0 N–H and O–H groups in total. The third-order valence-corrected chi connectivity index (χ3v) is 11.7. The van der Waals surface area contributed by atoms with E-state index in [1.807, 2.05) is 83.3 Å². The van der Waals surface area contributed by atoms with Crippen LogP contribution in [0.15, 0.2) is 164 Å². The second-order valence-electron chi connectivity index (χ2n) is 12.4. The lowest BCUT2D eigenvalue weighted by atomic mass is 9.95. The first kappa shape index (κ1) is 29.0. The Balaban J connectivity index is 1.10. The molecule has 0 aliphatic carbocycles. The predicted octanol–water partition coefficient (Wildman–Crippen LogP) is 12.9. The van der Waals surface area contributed by atoms with E-state index in [2.05, 4.69) is 103 Å². The average Bonchev–Trinajstić information content (AvgIpc) is 3.76. The van der Waals surface area contributed by atoms with Gasteiger partial charge in [0.15, 0.2) is 17.5 Å². The van der Waals surface area contributed by atoms with Crippen LogP contribution in [0, 0.1) is 0 Å². The zero-order chi connectivity index (χ0) is 33.0. The monoisotopic (exact) mass is 673 g/mol. The van der Waals surface area contributed by atoms with Crippen LogP contribution in [0.2, 0.25) is 0 Å². The Morgan fingerprint density at radius 1 is 0.300 bits per heavy atom. The topological polar surface area (TPSA) is 38.7 Å². The molecule has 0 amide bonds. The van der Waals surface area contributed by atoms with Gasteiger partial charge in [-0.2, -0.15) is 0 Å². The van der Waals surface area contributed by atoms with Crippen LogP contribution in [0.5, 0.6) is 0 Å². The molecule has 0 spiro atoms. The first-order valence-corrected chi connectivity index (χ1v) is 18.2. The van der Waals surface area contributed by atoms with Crippen LogP contribution >= 0.6 is 22.7 Å². The third-order valence-electron chi connectivity index (χ3n) is 9.33. The molecule has 3 nitrogen and oxygen atoms in total. The minimum Gasteiger partial charge on any atom is -0.208 e. The van der Waals surface area contributed by atoms with Crippen LogP contribution in [0.3, 0.4) is 0 Å². The number of hydrogen-bond acceptors (Lipinski definition) is 5. The van der Waals surface area contributed by atoms with E-state index in [1.165, 1.54) is 62.6 Å². The first-order valence-electron chi connectivity index (χ1n) is 16.6. The Hall–Kier alpha value is -6.01. The summed E-state index contributed by atoms with van der Waals surface area (Å²) in [4.78, 5) is 14.8. The summed E-state index contributed by atoms with van der Waals surface area (Å²) < 4.78 is 5.12.